The number of hydrogen-bond donors (Lipinski definition) is 1. The van der Waals surface area contributed by atoms with E-state index in [9.17, 15) is 4.39 Å². The molecule has 0 atom stereocenters. The Morgan fingerprint density at radius 3 is 2.80 bits per heavy atom. The summed E-state index contributed by atoms with van der Waals surface area (Å²) in [6.45, 7) is 1.83. The van der Waals surface area contributed by atoms with Crippen LogP contribution in [0.25, 0.3) is 16.7 Å². The third-order valence-electron chi connectivity index (χ3n) is 3.18. The lowest BCUT2D eigenvalue weighted by Gasteiger charge is -2.07. The number of rotatable bonds is 1. The molecule has 5 heteroatoms. The summed E-state index contributed by atoms with van der Waals surface area (Å²) in [6.07, 6.45) is 0. The van der Waals surface area contributed by atoms with Crippen molar-refractivity contribution in [1.82, 2.24) is 9.55 Å². The summed E-state index contributed by atoms with van der Waals surface area (Å²) in [5, 5.41) is 9.11. The number of nitriles is 1. The molecule has 3 nitrogen and oxygen atoms in total. The van der Waals surface area contributed by atoms with E-state index in [0.717, 1.165) is 5.56 Å². The van der Waals surface area contributed by atoms with Crippen LogP contribution in [0.3, 0.4) is 0 Å². The Bertz CT molecular complexity index is 915. The van der Waals surface area contributed by atoms with Gasteiger partial charge in [-0.3, -0.25) is 4.57 Å². The molecular formula is C15H10FN3S. The van der Waals surface area contributed by atoms with Crippen LogP contribution in [-0.4, -0.2) is 9.55 Å². The molecule has 0 aliphatic heterocycles. The fraction of sp³-hybridized carbons (Fsp3) is 0.0667. The maximum absolute atomic E-state index is 14.2. The largest absolute Gasteiger partial charge is 0.329 e. The minimum Gasteiger partial charge on any atom is -0.329 e. The lowest BCUT2D eigenvalue weighted by atomic mass is 10.2. The standard InChI is InChI=1S/C15H10FN3S/c1-9-5-6-12(11(16)7-9)19-13-4-2-3-10(8-17)14(13)18-15(19)20/h2-7H,1H3,(H,18,20). The average Bonchev–Trinajstić information content (AvgIpc) is 2.75. The molecular weight excluding hydrogens is 273 g/mol. The Kier molecular flexibility index (Phi) is 2.88. The first-order valence-corrected chi connectivity index (χ1v) is 6.43. The number of aromatic nitrogens is 2. The number of fused-ring (bicyclic) bond motifs is 1. The van der Waals surface area contributed by atoms with Crippen LogP contribution >= 0.6 is 12.2 Å². The summed E-state index contributed by atoms with van der Waals surface area (Å²) in [5.41, 5.74) is 3.02. The SMILES string of the molecule is Cc1ccc(-n2c(=S)[nH]c3c(C#N)cccc32)c(F)c1. The maximum Gasteiger partial charge on any atom is 0.182 e. The number of benzene rings is 2. The first-order chi connectivity index (χ1) is 9.61. The second-order valence-electron chi connectivity index (χ2n) is 4.53. The number of hydrogen-bond acceptors (Lipinski definition) is 2. The van der Waals surface area contributed by atoms with Crippen LogP contribution in [0.4, 0.5) is 4.39 Å². The molecule has 1 N–H and O–H groups in total. The summed E-state index contributed by atoms with van der Waals surface area (Å²) in [7, 11) is 0. The van der Waals surface area contributed by atoms with Gasteiger partial charge in [0.15, 0.2) is 4.77 Å². The van der Waals surface area contributed by atoms with Gasteiger partial charge in [-0.25, -0.2) is 4.39 Å². The molecule has 0 unspecified atom stereocenters. The van der Waals surface area contributed by atoms with E-state index in [2.05, 4.69) is 11.1 Å². The molecule has 0 amide bonds. The highest BCUT2D eigenvalue weighted by molar-refractivity contribution is 7.71. The van der Waals surface area contributed by atoms with Gasteiger partial charge in [0, 0.05) is 0 Å². The second-order valence-corrected chi connectivity index (χ2v) is 4.92. The highest BCUT2D eigenvalue weighted by atomic mass is 32.1. The number of aromatic amines is 1. The Hall–Kier alpha value is -2.45. The van der Waals surface area contributed by atoms with Gasteiger partial charge >= 0.3 is 0 Å². The average molecular weight is 283 g/mol. The molecule has 0 saturated heterocycles. The summed E-state index contributed by atoms with van der Waals surface area (Å²) in [4.78, 5) is 2.98. The fourth-order valence-electron chi connectivity index (χ4n) is 2.26. The van der Waals surface area contributed by atoms with Crippen molar-refractivity contribution in [3.63, 3.8) is 0 Å². The number of aryl methyl sites for hydroxylation is 1. The number of nitrogens with one attached hydrogen (secondary N) is 1. The zero-order valence-corrected chi connectivity index (χ0v) is 11.5. The molecule has 0 aliphatic carbocycles. The predicted molar refractivity (Wildman–Crippen MR) is 77.9 cm³/mol. The van der Waals surface area contributed by atoms with Gasteiger partial charge in [0.2, 0.25) is 0 Å². The number of halogens is 1. The van der Waals surface area contributed by atoms with Crippen LogP contribution in [0.2, 0.25) is 0 Å². The molecule has 98 valence electrons. The quantitative estimate of drug-likeness (QED) is 0.686. The van der Waals surface area contributed by atoms with E-state index in [4.69, 9.17) is 17.5 Å². The van der Waals surface area contributed by atoms with Gasteiger partial charge in [-0.05, 0) is 49.0 Å². The molecule has 3 aromatic rings. The Morgan fingerprint density at radius 1 is 1.30 bits per heavy atom. The number of H-pyrrole nitrogens is 1. The molecule has 1 aromatic heterocycles. The highest BCUT2D eigenvalue weighted by Crippen LogP contribution is 2.24. The Balaban J connectivity index is 2.41. The first kappa shape index (κ1) is 12.6. The molecule has 0 radical (unpaired) electrons. The molecule has 2 aromatic carbocycles. The van der Waals surface area contributed by atoms with Crippen LogP contribution in [-0.2, 0) is 0 Å². The summed E-state index contributed by atoms with van der Waals surface area (Å²) < 4.78 is 16.1. The van der Waals surface area contributed by atoms with Crippen molar-refractivity contribution < 1.29 is 4.39 Å². The normalized spacial score (nSPS) is 10.7. The van der Waals surface area contributed by atoms with Crippen molar-refractivity contribution in [2.75, 3.05) is 0 Å². The van der Waals surface area contributed by atoms with Gasteiger partial charge in [-0.15, -0.1) is 0 Å². The minimum absolute atomic E-state index is 0.343. The minimum atomic E-state index is -0.343. The maximum atomic E-state index is 14.2. The third kappa shape index (κ3) is 1.82. The van der Waals surface area contributed by atoms with Crippen LogP contribution in [0, 0.1) is 28.8 Å². The molecule has 20 heavy (non-hydrogen) atoms. The molecule has 0 fully saturated rings. The number of nitrogens with zero attached hydrogens (tertiary/aromatic N) is 2. The molecule has 0 saturated carbocycles. The Morgan fingerprint density at radius 2 is 2.10 bits per heavy atom. The van der Waals surface area contributed by atoms with E-state index < -0.39 is 0 Å². The van der Waals surface area contributed by atoms with Crippen molar-refractivity contribution in [2.45, 2.75) is 6.92 Å². The van der Waals surface area contributed by atoms with E-state index >= 15 is 0 Å². The zero-order valence-electron chi connectivity index (χ0n) is 10.6. The third-order valence-corrected chi connectivity index (χ3v) is 3.47. The monoisotopic (exact) mass is 283 g/mol. The van der Waals surface area contributed by atoms with E-state index in [1.807, 2.05) is 19.1 Å². The lowest BCUT2D eigenvalue weighted by molar-refractivity contribution is 0.617. The van der Waals surface area contributed by atoms with E-state index in [-0.39, 0.29) is 5.82 Å². The fourth-order valence-corrected chi connectivity index (χ4v) is 2.55. The Labute approximate surface area is 119 Å². The molecule has 0 bridgehead atoms. The van der Waals surface area contributed by atoms with Crippen LogP contribution in [0.15, 0.2) is 36.4 Å². The van der Waals surface area contributed by atoms with E-state index in [1.165, 1.54) is 6.07 Å². The van der Waals surface area contributed by atoms with Crippen molar-refractivity contribution in [2.24, 2.45) is 0 Å². The van der Waals surface area contributed by atoms with Crippen LogP contribution in [0.5, 0.6) is 0 Å². The van der Waals surface area contributed by atoms with Gasteiger partial charge in [-0.2, -0.15) is 5.26 Å². The van der Waals surface area contributed by atoms with Crippen molar-refractivity contribution in [3.05, 3.63) is 58.1 Å². The van der Waals surface area contributed by atoms with E-state index in [1.54, 1.807) is 22.8 Å². The topological polar surface area (TPSA) is 44.5 Å². The van der Waals surface area contributed by atoms with Gasteiger partial charge in [0.25, 0.3) is 0 Å². The smallest absolute Gasteiger partial charge is 0.182 e. The second kappa shape index (κ2) is 4.58. The number of para-hydroxylation sites is 1. The van der Waals surface area contributed by atoms with E-state index in [0.29, 0.717) is 27.1 Å². The van der Waals surface area contributed by atoms with Gasteiger partial charge in [0.1, 0.15) is 11.9 Å². The number of imidazole rings is 1. The lowest BCUT2D eigenvalue weighted by Crippen LogP contribution is -1.98. The molecule has 1 heterocycles. The van der Waals surface area contributed by atoms with Crippen molar-refractivity contribution >= 4 is 23.3 Å². The molecule has 0 aliphatic rings. The first-order valence-electron chi connectivity index (χ1n) is 6.02. The molecule has 3 rings (SSSR count). The van der Waals surface area contributed by atoms with Gasteiger partial charge in [0.05, 0.1) is 22.3 Å². The summed E-state index contributed by atoms with van der Waals surface area (Å²) in [5.74, 6) is -0.343. The summed E-state index contributed by atoms with van der Waals surface area (Å²) in [6, 6.07) is 12.3. The van der Waals surface area contributed by atoms with Crippen molar-refractivity contribution in [1.29, 1.82) is 5.26 Å². The van der Waals surface area contributed by atoms with Crippen LogP contribution < -0.4 is 0 Å². The molecule has 0 spiro atoms. The zero-order chi connectivity index (χ0) is 14.3. The summed E-state index contributed by atoms with van der Waals surface area (Å²) >= 11 is 5.27. The highest BCUT2D eigenvalue weighted by Gasteiger charge is 2.12. The van der Waals surface area contributed by atoms with Crippen LogP contribution in [0.1, 0.15) is 11.1 Å². The van der Waals surface area contributed by atoms with Crippen molar-refractivity contribution in [3.8, 4) is 11.8 Å². The van der Waals surface area contributed by atoms with Gasteiger partial charge in [-0.1, -0.05) is 12.1 Å². The predicted octanol–water partition coefficient (Wildman–Crippen LogP) is 4.01. The van der Waals surface area contributed by atoms with Gasteiger partial charge < -0.3 is 4.98 Å².